The second-order valence-electron chi connectivity index (χ2n) is 4.39. The van der Waals surface area contributed by atoms with Gasteiger partial charge < -0.3 is 20.1 Å². The molecule has 0 aliphatic heterocycles. The highest BCUT2D eigenvalue weighted by Gasteiger charge is 2.21. The normalized spacial score (nSPS) is 12.4. The van der Waals surface area contributed by atoms with E-state index in [-0.39, 0.29) is 11.8 Å². The van der Waals surface area contributed by atoms with E-state index in [4.69, 9.17) is 15.2 Å². The Hall–Kier alpha value is -0.650. The summed E-state index contributed by atoms with van der Waals surface area (Å²) in [5, 5.41) is 0. The van der Waals surface area contributed by atoms with Gasteiger partial charge >= 0.3 is 0 Å². The molecule has 0 aliphatic rings. The number of nitrogens with two attached hydrogens (primary N) is 1. The quantitative estimate of drug-likeness (QED) is 0.560. The minimum atomic E-state index is -0.0607. The van der Waals surface area contributed by atoms with E-state index < -0.39 is 0 Å². The number of amides is 1. The zero-order chi connectivity index (χ0) is 13.8. The van der Waals surface area contributed by atoms with E-state index in [1.165, 1.54) is 0 Å². The molecule has 0 aliphatic carbocycles. The molecule has 2 N–H and O–H groups in total. The summed E-state index contributed by atoms with van der Waals surface area (Å²) in [5.74, 6) is 0.0851. The Labute approximate surface area is 111 Å². The molecule has 108 valence electrons. The maximum absolute atomic E-state index is 12.3. The van der Waals surface area contributed by atoms with Gasteiger partial charge in [-0.1, -0.05) is 13.3 Å². The largest absolute Gasteiger partial charge is 0.385 e. The number of ether oxygens (including phenoxy) is 2. The number of methoxy groups -OCH3 is 2. The maximum Gasteiger partial charge on any atom is 0.227 e. The van der Waals surface area contributed by atoms with Crippen LogP contribution in [0.25, 0.3) is 0 Å². The highest BCUT2D eigenvalue weighted by Crippen LogP contribution is 2.10. The smallest absolute Gasteiger partial charge is 0.227 e. The standard InChI is InChI=1S/C13H28N2O3/c1-4-6-12(11-14)13(16)15(8-10-18-3)7-5-9-17-2/h12H,4-11,14H2,1-3H3. The monoisotopic (exact) mass is 260 g/mol. The first-order valence-corrected chi connectivity index (χ1v) is 6.67. The lowest BCUT2D eigenvalue weighted by molar-refractivity contribution is -0.136. The van der Waals surface area contributed by atoms with Crippen LogP contribution in [0.15, 0.2) is 0 Å². The molecule has 0 heterocycles. The predicted octanol–water partition coefficient (Wildman–Crippen LogP) is 0.873. The molecule has 18 heavy (non-hydrogen) atoms. The molecule has 1 amide bonds. The van der Waals surface area contributed by atoms with Crippen LogP contribution in [-0.4, -0.2) is 57.9 Å². The molecule has 0 aromatic carbocycles. The fourth-order valence-electron chi connectivity index (χ4n) is 1.88. The Kier molecular flexibility index (Phi) is 11.0. The minimum absolute atomic E-state index is 0.0607. The molecule has 1 atom stereocenters. The molecule has 0 fully saturated rings. The van der Waals surface area contributed by atoms with Gasteiger partial charge in [0, 0.05) is 40.5 Å². The Balaban J connectivity index is 4.34. The lowest BCUT2D eigenvalue weighted by atomic mass is 10.0. The van der Waals surface area contributed by atoms with Crippen molar-refractivity contribution in [3.63, 3.8) is 0 Å². The van der Waals surface area contributed by atoms with Crippen molar-refractivity contribution in [1.29, 1.82) is 0 Å². The van der Waals surface area contributed by atoms with Crippen LogP contribution in [-0.2, 0) is 14.3 Å². The Bertz CT molecular complexity index is 212. The molecule has 0 rings (SSSR count). The van der Waals surface area contributed by atoms with Crippen LogP contribution in [0.4, 0.5) is 0 Å². The second-order valence-corrected chi connectivity index (χ2v) is 4.39. The number of carbonyl (C=O) groups is 1. The van der Waals surface area contributed by atoms with Gasteiger partial charge in [-0.15, -0.1) is 0 Å². The average Bonchev–Trinajstić information content (AvgIpc) is 2.39. The summed E-state index contributed by atoms with van der Waals surface area (Å²) >= 11 is 0. The lowest BCUT2D eigenvalue weighted by Crippen LogP contribution is -2.41. The molecule has 0 spiro atoms. The van der Waals surface area contributed by atoms with Crippen molar-refractivity contribution >= 4 is 5.91 Å². The maximum atomic E-state index is 12.3. The zero-order valence-corrected chi connectivity index (χ0v) is 12.0. The lowest BCUT2D eigenvalue weighted by Gasteiger charge is -2.26. The first-order valence-electron chi connectivity index (χ1n) is 6.67. The van der Waals surface area contributed by atoms with Crippen molar-refractivity contribution in [3.8, 4) is 0 Å². The van der Waals surface area contributed by atoms with Crippen molar-refractivity contribution in [2.24, 2.45) is 11.7 Å². The Morgan fingerprint density at radius 1 is 1.22 bits per heavy atom. The van der Waals surface area contributed by atoms with Crippen molar-refractivity contribution < 1.29 is 14.3 Å². The Morgan fingerprint density at radius 3 is 2.39 bits per heavy atom. The van der Waals surface area contributed by atoms with Crippen LogP contribution in [0.2, 0.25) is 0 Å². The van der Waals surface area contributed by atoms with E-state index in [1.807, 2.05) is 4.90 Å². The van der Waals surface area contributed by atoms with Crippen LogP contribution in [0.3, 0.4) is 0 Å². The topological polar surface area (TPSA) is 64.8 Å². The third-order valence-electron chi connectivity index (χ3n) is 2.92. The zero-order valence-electron chi connectivity index (χ0n) is 12.0. The van der Waals surface area contributed by atoms with Crippen LogP contribution in [0.1, 0.15) is 26.2 Å². The van der Waals surface area contributed by atoms with Gasteiger partial charge in [0.25, 0.3) is 0 Å². The Morgan fingerprint density at radius 2 is 1.89 bits per heavy atom. The number of rotatable bonds is 11. The van der Waals surface area contributed by atoms with Gasteiger partial charge in [0.2, 0.25) is 5.91 Å². The summed E-state index contributed by atoms with van der Waals surface area (Å²) in [7, 11) is 3.31. The van der Waals surface area contributed by atoms with Gasteiger partial charge in [-0.25, -0.2) is 0 Å². The molecule has 0 radical (unpaired) electrons. The van der Waals surface area contributed by atoms with Crippen molar-refractivity contribution in [1.82, 2.24) is 4.90 Å². The van der Waals surface area contributed by atoms with E-state index in [0.29, 0.717) is 32.8 Å². The van der Waals surface area contributed by atoms with Crippen molar-refractivity contribution in [2.45, 2.75) is 26.2 Å². The van der Waals surface area contributed by atoms with Crippen LogP contribution < -0.4 is 5.73 Å². The predicted molar refractivity (Wildman–Crippen MR) is 72.4 cm³/mol. The average molecular weight is 260 g/mol. The third-order valence-corrected chi connectivity index (χ3v) is 2.92. The molecular formula is C13H28N2O3. The van der Waals surface area contributed by atoms with Crippen LogP contribution in [0.5, 0.6) is 0 Å². The van der Waals surface area contributed by atoms with Gasteiger partial charge in [0.1, 0.15) is 0 Å². The van der Waals surface area contributed by atoms with Gasteiger partial charge in [0.15, 0.2) is 0 Å². The van der Waals surface area contributed by atoms with E-state index in [0.717, 1.165) is 19.3 Å². The molecular weight excluding hydrogens is 232 g/mol. The number of hydrogen-bond donors (Lipinski definition) is 1. The minimum Gasteiger partial charge on any atom is -0.385 e. The molecule has 1 unspecified atom stereocenters. The van der Waals surface area contributed by atoms with E-state index in [9.17, 15) is 4.79 Å². The molecule has 0 saturated heterocycles. The SMILES string of the molecule is CCCC(CN)C(=O)N(CCCOC)CCOC. The summed E-state index contributed by atoms with van der Waals surface area (Å²) in [4.78, 5) is 14.2. The number of hydrogen-bond acceptors (Lipinski definition) is 4. The first-order chi connectivity index (χ1) is 8.71. The highest BCUT2D eigenvalue weighted by molar-refractivity contribution is 5.79. The molecule has 0 saturated carbocycles. The second kappa shape index (κ2) is 11.4. The van der Waals surface area contributed by atoms with E-state index in [2.05, 4.69) is 6.92 Å². The summed E-state index contributed by atoms with van der Waals surface area (Å²) in [6.45, 7) is 5.04. The molecule has 0 bridgehead atoms. The van der Waals surface area contributed by atoms with Gasteiger partial charge in [-0.3, -0.25) is 4.79 Å². The van der Waals surface area contributed by atoms with Gasteiger partial charge in [0.05, 0.1) is 12.5 Å². The first kappa shape index (κ1) is 17.4. The fraction of sp³-hybridized carbons (Fsp3) is 0.923. The van der Waals surface area contributed by atoms with E-state index in [1.54, 1.807) is 14.2 Å². The van der Waals surface area contributed by atoms with Crippen molar-refractivity contribution in [3.05, 3.63) is 0 Å². The highest BCUT2D eigenvalue weighted by atomic mass is 16.5. The van der Waals surface area contributed by atoms with Crippen LogP contribution in [0, 0.1) is 5.92 Å². The summed E-state index contributed by atoms with van der Waals surface area (Å²) in [5.41, 5.74) is 5.68. The van der Waals surface area contributed by atoms with Gasteiger partial charge in [-0.2, -0.15) is 0 Å². The van der Waals surface area contributed by atoms with Crippen molar-refractivity contribution in [2.75, 3.05) is 47.1 Å². The van der Waals surface area contributed by atoms with E-state index >= 15 is 0 Å². The summed E-state index contributed by atoms with van der Waals surface area (Å²) in [6.07, 6.45) is 2.67. The number of nitrogens with zero attached hydrogens (tertiary/aromatic N) is 1. The molecule has 0 aromatic rings. The summed E-state index contributed by atoms with van der Waals surface area (Å²) in [6, 6.07) is 0. The molecule has 5 nitrogen and oxygen atoms in total. The van der Waals surface area contributed by atoms with Gasteiger partial charge in [-0.05, 0) is 12.8 Å². The molecule has 0 aromatic heterocycles. The fourth-order valence-corrected chi connectivity index (χ4v) is 1.88. The molecule has 5 heteroatoms. The number of carbonyl (C=O) groups excluding carboxylic acids is 1. The summed E-state index contributed by atoms with van der Waals surface area (Å²) < 4.78 is 10.1. The third kappa shape index (κ3) is 6.93. The van der Waals surface area contributed by atoms with Crippen LogP contribution >= 0.6 is 0 Å².